The number of hydrogen-bond acceptors (Lipinski definition) is 4. The van der Waals surface area contributed by atoms with Gasteiger partial charge in [-0.25, -0.2) is 0 Å². The van der Waals surface area contributed by atoms with Crippen molar-refractivity contribution in [1.29, 1.82) is 0 Å². The molecule has 0 radical (unpaired) electrons. The molecule has 1 saturated carbocycles. The van der Waals surface area contributed by atoms with Crippen molar-refractivity contribution < 1.29 is 14.3 Å². The van der Waals surface area contributed by atoms with E-state index in [9.17, 15) is 9.59 Å². The van der Waals surface area contributed by atoms with Crippen LogP contribution in [0.3, 0.4) is 0 Å². The van der Waals surface area contributed by atoms with E-state index in [2.05, 4.69) is 22.5 Å². The van der Waals surface area contributed by atoms with Crippen LogP contribution in [-0.2, 0) is 4.79 Å². The second kappa shape index (κ2) is 11.0. The van der Waals surface area contributed by atoms with E-state index in [4.69, 9.17) is 4.74 Å². The number of hydrogen-bond donors (Lipinski definition) is 3. The van der Waals surface area contributed by atoms with Crippen molar-refractivity contribution in [2.24, 2.45) is 0 Å². The number of carbonyl (C=O) groups is 2. The Kier molecular flexibility index (Phi) is 7.89. The van der Waals surface area contributed by atoms with Crippen molar-refractivity contribution in [2.75, 3.05) is 23.8 Å². The van der Waals surface area contributed by atoms with E-state index in [0.717, 1.165) is 31.4 Å². The first-order chi connectivity index (χ1) is 14.7. The summed E-state index contributed by atoms with van der Waals surface area (Å²) >= 11 is 0. The Morgan fingerprint density at radius 1 is 1.07 bits per heavy atom. The molecule has 0 heterocycles. The van der Waals surface area contributed by atoms with Gasteiger partial charge in [0.25, 0.3) is 5.91 Å². The fourth-order valence-electron chi connectivity index (χ4n) is 3.52. The second-order valence-corrected chi connectivity index (χ2v) is 7.39. The summed E-state index contributed by atoms with van der Waals surface area (Å²) in [6, 6.07) is 14.7. The Bertz CT molecular complexity index is 876. The van der Waals surface area contributed by atoms with E-state index in [0.29, 0.717) is 23.6 Å². The molecule has 0 aliphatic heterocycles. The maximum absolute atomic E-state index is 12.5. The standard InChI is InChI=1S/C24H29N3O3/c1-2-15-30-22-14-7-6-13-21(22)25-17-23(28)26-20-12-8-9-18(16-20)24(29)27-19-10-4-3-5-11-19/h2,6-9,12-14,16,19,25H,1,3-5,10-11,15,17H2,(H,26,28)(H,27,29). The molecule has 0 bridgehead atoms. The number of amides is 2. The molecule has 2 aromatic rings. The van der Waals surface area contributed by atoms with Crippen LogP contribution in [0.1, 0.15) is 42.5 Å². The Morgan fingerprint density at radius 2 is 1.87 bits per heavy atom. The van der Waals surface area contributed by atoms with E-state index < -0.39 is 0 Å². The lowest BCUT2D eigenvalue weighted by Crippen LogP contribution is -2.36. The number of benzene rings is 2. The molecular formula is C24H29N3O3. The normalized spacial score (nSPS) is 13.9. The Balaban J connectivity index is 1.54. The summed E-state index contributed by atoms with van der Waals surface area (Å²) in [6.07, 6.45) is 7.30. The fourth-order valence-corrected chi connectivity index (χ4v) is 3.52. The number of carbonyl (C=O) groups excluding carboxylic acids is 2. The molecule has 30 heavy (non-hydrogen) atoms. The molecule has 6 heteroatoms. The van der Waals surface area contributed by atoms with Crippen molar-refractivity contribution in [3.63, 3.8) is 0 Å². The van der Waals surface area contributed by atoms with Crippen molar-refractivity contribution in [1.82, 2.24) is 5.32 Å². The van der Waals surface area contributed by atoms with Crippen molar-refractivity contribution in [3.05, 3.63) is 66.7 Å². The van der Waals surface area contributed by atoms with Gasteiger partial charge in [-0.1, -0.05) is 50.1 Å². The quantitative estimate of drug-likeness (QED) is 0.540. The smallest absolute Gasteiger partial charge is 0.251 e. The van der Waals surface area contributed by atoms with Crippen LogP contribution >= 0.6 is 0 Å². The predicted octanol–water partition coefficient (Wildman–Crippen LogP) is 4.36. The van der Waals surface area contributed by atoms with Crippen LogP contribution in [0.4, 0.5) is 11.4 Å². The van der Waals surface area contributed by atoms with Crippen LogP contribution < -0.4 is 20.7 Å². The lowest BCUT2D eigenvalue weighted by atomic mass is 9.95. The summed E-state index contributed by atoms with van der Waals surface area (Å²) in [5, 5.41) is 9.02. The van der Waals surface area contributed by atoms with E-state index in [-0.39, 0.29) is 24.4 Å². The summed E-state index contributed by atoms with van der Waals surface area (Å²) in [5.41, 5.74) is 1.87. The van der Waals surface area contributed by atoms with Crippen LogP contribution in [0.2, 0.25) is 0 Å². The predicted molar refractivity (Wildman–Crippen MR) is 120 cm³/mol. The van der Waals surface area contributed by atoms with Gasteiger partial charge in [-0.15, -0.1) is 0 Å². The minimum absolute atomic E-state index is 0.0763. The molecule has 0 atom stereocenters. The summed E-state index contributed by atoms with van der Waals surface area (Å²) in [7, 11) is 0. The molecule has 0 spiro atoms. The number of ether oxygens (including phenoxy) is 1. The van der Waals surface area contributed by atoms with Gasteiger partial charge in [0.2, 0.25) is 5.91 Å². The summed E-state index contributed by atoms with van der Waals surface area (Å²) < 4.78 is 5.58. The van der Waals surface area contributed by atoms with Crippen molar-refractivity contribution in [2.45, 2.75) is 38.1 Å². The second-order valence-electron chi connectivity index (χ2n) is 7.39. The van der Waals surface area contributed by atoms with Crippen LogP contribution in [0.15, 0.2) is 61.2 Å². The molecule has 1 fully saturated rings. The van der Waals surface area contributed by atoms with Gasteiger partial charge in [0.15, 0.2) is 0 Å². The lowest BCUT2D eigenvalue weighted by Gasteiger charge is -2.22. The average Bonchev–Trinajstić information content (AvgIpc) is 2.77. The summed E-state index contributed by atoms with van der Waals surface area (Å²) in [5.74, 6) is 0.356. The highest BCUT2D eigenvalue weighted by molar-refractivity contribution is 5.98. The number of anilines is 2. The lowest BCUT2D eigenvalue weighted by molar-refractivity contribution is -0.114. The van der Waals surface area contributed by atoms with E-state index >= 15 is 0 Å². The molecule has 3 rings (SSSR count). The largest absolute Gasteiger partial charge is 0.487 e. The fraction of sp³-hybridized carbons (Fsp3) is 0.333. The molecule has 1 aliphatic rings. The van der Waals surface area contributed by atoms with Gasteiger partial charge in [-0.2, -0.15) is 0 Å². The first-order valence-corrected chi connectivity index (χ1v) is 10.4. The molecular weight excluding hydrogens is 378 g/mol. The SMILES string of the molecule is C=CCOc1ccccc1NCC(=O)Nc1cccc(C(=O)NC2CCCCC2)c1. The first kappa shape index (κ1) is 21.4. The van der Waals surface area contributed by atoms with E-state index in [1.54, 1.807) is 30.3 Å². The highest BCUT2D eigenvalue weighted by Gasteiger charge is 2.17. The van der Waals surface area contributed by atoms with Crippen molar-refractivity contribution >= 4 is 23.2 Å². The first-order valence-electron chi connectivity index (χ1n) is 10.4. The topological polar surface area (TPSA) is 79.5 Å². The van der Waals surface area contributed by atoms with E-state index in [1.165, 1.54) is 6.42 Å². The zero-order chi connectivity index (χ0) is 21.2. The Hall–Kier alpha value is -3.28. The van der Waals surface area contributed by atoms with Crippen LogP contribution in [0, 0.1) is 0 Å². The highest BCUT2D eigenvalue weighted by Crippen LogP contribution is 2.23. The summed E-state index contributed by atoms with van der Waals surface area (Å²) in [6.45, 7) is 4.11. The Morgan fingerprint density at radius 3 is 2.67 bits per heavy atom. The van der Waals surface area contributed by atoms with Gasteiger partial charge in [-0.3, -0.25) is 9.59 Å². The third-order valence-corrected chi connectivity index (χ3v) is 5.03. The van der Waals surface area contributed by atoms with Crippen LogP contribution in [0.5, 0.6) is 5.75 Å². The minimum Gasteiger partial charge on any atom is -0.487 e. The maximum atomic E-state index is 12.5. The Labute approximate surface area is 177 Å². The highest BCUT2D eigenvalue weighted by atomic mass is 16.5. The maximum Gasteiger partial charge on any atom is 0.251 e. The van der Waals surface area contributed by atoms with Gasteiger partial charge in [0, 0.05) is 17.3 Å². The third kappa shape index (κ3) is 6.37. The van der Waals surface area contributed by atoms with Gasteiger partial charge in [-0.05, 0) is 43.2 Å². The van der Waals surface area contributed by atoms with Gasteiger partial charge in [0.05, 0.1) is 12.2 Å². The van der Waals surface area contributed by atoms with Gasteiger partial charge >= 0.3 is 0 Å². The molecule has 1 aliphatic carbocycles. The summed E-state index contributed by atoms with van der Waals surface area (Å²) in [4.78, 5) is 24.9. The average molecular weight is 408 g/mol. The van der Waals surface area contributed by atoms with Crippen LogP contribution in [0.25, 0.3) is 0 Å². The molecule has 2 amide bonds. The zero-order valence-corrected chi connectivity index (χ0v) is 17.2. The molecule has 0 aromatic heterocycles. The molecule has 3 N–H and O–H groups in total. The molecule has 0 unspecified atom stereocenters. The van der Waals surface area contributed by atoms with Gasteiger partial charge < -0.3 is 20.7 Å². The molecule has 6 nitrogen and oxygen atoms in total. The van der Waals surface area contributed by atoms with Crippen LogP contribution in [-0.4, -0.2) is 31.0 Å². The molecule has 2 aromatic carbocycles. The molecule has 0 saturated heterocycles. The van der Waals surface area contributed by atoms with E-state index in [1.807, 2.05) is 24.3 Å². The van der Waals surface area contributed by atoms with Gasteiger partial charge in [0.1, 0.15) is 12.4 Å². The molecule has 158 valence electrons. The zero-order valence-electron chi connectivity index (χ0n) is 17.2. The minimum atomic E-state index is -0.210. The monoisotopic (exact) mass is 407 g/mol. The van der Waals surface area contributed by atoms with Crippen molar-refractivity contribution in [3.8, 4) is 5.75 Å². The number of rotatable bonds is 9. The number of para-hydroxylation sites is 2. The third-order valence-electron chi connectivity index (χ3n) is 5.03. The number of nitrogens with one attached hydrogen (secondary N) is 3.